The summed E-state index contributed by atoms with van der Waals surface area (Å²) in [4.78, 5) is 23.6. The van der Waals surface area contributed by atoms with Crippen LogP contribution in [0.4, 0.5) is 0 Å². The molecule has 0 spiro atoms. The fourth-order valence-electron chi connectivity index (χ4n) is 1.84. The van der Waals surface area contributed by atoms with Crippen molar-refractivity contribution in [1.82, 2.24) is 4.90 Å². The lowest BCUT2D eigenvalue weighted by Crippen LogP contribution is -2.29. The summed E-state index contributed by atoms with van der Waals surface area (Å²) in [6.45, 7) is 0.247. The Kier molecular flexibility index (Phi) is 8.52. The van der Waals surface area contributed by atoms with E-state index in [-0.39, 0.29) is 12.5 Å². The molecule has 132 valence electrons. The number of carbonyl (C=O) groups excluding carboxylic acids is 2. The van der Waals surface area contributed by atoms with Crippen molar-refractivity contribution in [1.29, 1.82) is 10.5 Å². The molecule has 2 rings (SSSR count). The molecule has 6 nitrogen and oxygen atoms in total. The molecule has 2 aromatic carbocycles. The summed E-state index contributed by atoms with van der Waals surface area (Å²) in [5.74, 6) is -0.159. The van der Waals surface area contributed by atoms with Gasteiger partial charge >= 0.3 is 0 Å². The number of nitrogens with zero attached hydrogens (tertiary/aromatic N) is 3. The Morgan fingerprint density at radius 2 is 1.38 bits per heavy atom. The Labute approximate surface area is 156 Å². The molecule has 0 fully saturated rings. The molecule has 7 heteroatoms. The van der Waals surface area contributed by atoms with Crippen LogP contribution in [0.5, 0.6) is 0 Å². The first-order chi connectivity index (χ1) is 12.4. The summed E-state index contributed by atoms with van der Waals surface area (Å²) in [5, 5.41) is 25.2. The molecule has 0 radical (unpaired) electrons. The van der Waals surface area contributed by atoms with Crippen LogP contribution in [0.15, 0.2) is 48.5 Å². The minimum absolute atomic E-state index is 0.0570. The van der Waals surface area contributed by atoms with Gasteiger partial charge in [0, 0.05) is 24.7 Å². The van der Waals surface area contributed by atoms with E-state index in [2.05, 4.69) is 0 Å². The van der Waals surface area contributed by atoms with Crippen molar-refractivity contribution in [2.75, 3.05) is 20.2 Å². The van der Waals surface area contributed by atoms with Crippen LogP contribution in [0.2, 0.25) is 0 Å². The zero-order valence-corrected chi connectivity index (χ0v) is 14.8. The van der Waals surface area contributed by atoms with Crippen LogP contribution < -0.4 is 0 Å². The maximum atomic E-state index is 11.7. The first-order valence-corrected chi connectivity index (χ1v) is 7.87. The molecule has 0 saturated heterocycles. The Hall–Kier alpha value is -3.19. The second-order valence-corrected chi connectivity index (χ2v) is 5.45. The van der Waals surface area contributed by atoms with Crippen LogP contribution in [0.1, 0.15) is 31.8 Å². The van der Waals surface area contributed by atoms with Crippen molar-refractivity contribution in [3.8, 4) is 12.1 Å². The van der Waals surface area contributed by atoms with Crippen molar-refractivity contribution in [3.63, 3.8) is 0 Å². The molecule has 0 saturated carbocycles. The monoisotopic (exact) mass is 369 g/mol. The minimum Gasteiger partial charge on any atom is -0.395 e. The molecule has 26 heavy (non-hydrogen) atoms. The van der Waals surface area contributed by atoms with Gasteiger partial charge in [-0.3, -0.25) is 9.59 Å². The minimum atomic E-state index is -0.505. The van der Waals surface area contributed by atoms with Gasteiger partial charge in [0.25, 0.3) is 11.1 Å². The fourth-order valence-corrected chi connectivity index (χ4v) is 1.96. The predicted molar refractivity (Wildman–Crippen MR) is 96.5 cm³/mol. The molecule has 0 aliphatic carbocycles. The second kappa shape index (κ2) is 10.6. The second-order valence-electron chi connectivity index (χ2n) is 5.10. The molecule has 0 atom stereocenters. The molecule has 1 amide bonds. The van der Waals surface area contributed by atoms with Crippen molar-refractivity contribution in [3.05, 3.63) is 70.8 Å². The van der Waals surface area contributed by atoms with E-state index in [1.807, 2.05) is 12.1 Å². The topological polar surface area (TPSA) is 105 Å². The molecule has 0 aliphatic heterocycles. The third-order valence-corrected chi connectivity index (χ3v) is 3.50. The molecular formula is C19H16ClN3O3. The van der Waals surface area contributed by atoms with Gasteiger partial charge in [0.15, 0.2) is 0 Å². The van der Waals surface area contributed by atoms with E-state index in [1.165, 1.54) is 17.0 Å². The molecular weight excluding hydrogens is 354 g/mol. The van der Waals surface area contributed by atoms with Gasteiger partial charge in [-0.05, 0) is 60.1 Å². The zero-order chi connectivity index (χ0) is 19.5. The van der Waals surface area contributed by atoms with Crippen molar-refractivity contribution in [2.45, 2.75) is 0 Å². The largest absolute Gasteiger partial charge is 0.395 e. The maximum absolute atomic E-state index is 11.7. The highest BCUT2D eigenvalue weighted by molar-refractivity contribution is 6.67. The Morgan fingerprint density at radius 1 is 0.962 bits per heavy atom. The lowest BCUT2D eigenvalue weighted by Gasteiger charge is -2.15. The molecule has 0 aliphatic rings. The highest BCUT2D eigenvalue weighted by Gasteiger charge is 2.10. The summed E-state index contributed by atoms with van der Waals surface area (Å²) in [7, 11) is 1.62. The van der Waals surface area contributed by atoms with Crippen molar-refractivity contribution < 1.29 is 14.7 Å². The van der Waals surface area contributed by atoms with E-state index < -0.39 is 5.24 Å². The van der Waals surface area contributed by atoms with Crippen molar-refractivity contribution in [2.24, 2.45) is 0 Å². The number of aliphatic hydroxyl groups is 1. The summed E-state index contributed by atoms with van der Waals surface area (Å²) >= 11 is 5.18. The third-order valence-electron chi connectivity index (χ3n) is 3.28. The summed E-state index contributed by atoms with van der Waals surface area (Å²) < 4.78 is 0. The molecule has 0 unspecified atom stereocenters. The number of nitriles is 2. The number of hydrogen-bond acceptors (Lipinski definition) is 5. The van der Waals surface area contributed by atoms with E-state index in [0.717, 1.165) is 0 Å². The first kappa shape index (κ1) is 20.9. The Balaban J connectivity index is 0.000000273. The van der Waals surface area contributed by atoms with Gasteiger partial charge in [-0.2, -0.15) is 10.5 Å². The van der Waals surface area contributed by atoms with E-state index in [4.69, 9.17) is 27.2 Å². The number of likely N-dealkylation sites (N-methyl/N-ethyl adjacent to an activating group) is 1. The zero-order valence-electron chi connectivity index (χ0n) is 14.0. The normalized spacial score (nSPS) is 9.12. The average molecular weight is 370 g/mol. The number of halogens is 1. The summed E-state index contributed by atoms with van der Waals surface area (Å²) in [5.41, 5.74) is 1.97. The molecule has 0 aromatic heterocycles. The number of aliphatic hydroxyl groups excluding tert-OH is 1. The van der Waals surface area contributed by atoms with E-state index in [0.29, 0.717) is 28.8 Å². The van der Waals surface area contributed by atoms with Crippen LogP contribution in [0, 0.1) is 22.7 Å². The van der Waals surface area contributed by atoms with Gasteiger partial charge in [0.05, 0.1) is 29.9 Å². The van der Waals surface area contributed by atoms with Crippen LogP contribution in [0.25, 0.3) is 0 Å². The van der Waals surface area contributed by atoms with Crippen LogP contribution >= 0.6 is 11.6 Å². The van der Waals surface area contributed by atoms with Gasteiger partial charge in [-0.25, -0.2) is 0 Å². The van der Waals surface area contributed by atoms with Crippen LogP contribution in [-0.4, -0.2) is 41.4 Å². The van der Waals surface area contributed by atoms with Crippen LogP contribution in [-0.2, 0) is 0 Å². The highest BCUT2D eigenvalue weighted by atomic mass is 35.5. The van der Waals surface area contributed by atoms with Gasteiger partial charge in [-0.1, -0.05) is 0 Å². The molecule has 0 heterocycles. The van der Waals surface area contributed by atoms with Crippen LogP contribution in [0.3, 0.4) is 0 Å². The first-order valence-electron chi connectivity index (χ1n) is 7.49. The van der Waals surface area contributed by atoms with Gasteiger partial charge in [0.1, 0.15) is 0 Å². The number of amides is 1. The lowest BCUT2D eigenvalue weighted by atomic mass is 10.1. The number of benzene rings is 2. The van der Waals surface area contributed by atoms with Gasteiger partial charge < -0.3 is 10.0 Å². The smallest absolute Gasteiger partial charge is 0.253 e. The summed E-state index contributed by atoms with van der Waals surface area (Å²) in [6.07, 6.45) is 0. The third kappa shape index (κ3) is 6.37. The van der Waals surface area contributed by atoms with Gasteiger partial charge in [-0.15, -0.1) is 0 Å². The predicted octanol–water partition coefficient (Wildman–Crippen LogP) is 2.56. The highest BCUT2D eigenvalue weighted by Crippen LogP contribution is 2.06. The average Bonchev–Trinajstić information content (AvgIpc) is 2.68. The number of rotatable bonds is 4. The quantitative estimate of drug-likeness (QED) is 0.834. The van der Waals surface area contributed by atoms with E-state index in [9.17, 15) is 9.59 Å². The maximum Gasteiger partial charge on any atom is 0.253 e. The van der Waals surface area contributed by atoms with E-state index in [1.54, 1.807) is 43.4 Å². The SMILES string of the molecule is CN(CCO)C(=O)c1ccc(C#N)cc1.N#Cc1ccc(C(=O)Cl)cc1. The summed E-state index contributed by atoms with van der Waals surface area (Å²) in [6, 6.07) is 16.5. The fraction of sp³-hybridized carbons (Fsp3) is 0.158. The Bertz CT molecular complexity index is 834. The lowest BCUT2D eigenvalue weighted by molar-refractivity contribution is 0.0767. The van der Waals surface area contributed by atoms with E-state index >= 15 is 0 Å². The van der Waals surface area contributed by atoms with Crippen molar-refractivity contribution >= 4 is 22.8 Å². The van der Waals surface area contributed by atoms with Gasteiger partial charge in [0.2, 0.25) is 0 Å². The number of hydrogen-bond donors (Lipinski definition) is 1. The Morgan fingerprint density at radius 3 is 1.73 bits per heavy atom. The molecule has 1 N–H and O–H groups in total. The molecule has 2 aromatic rings. The number of carbonyl (C=O) groups is 2. The molecule has 0 bridgehead atoms. The standard InChI is InChI=1S/C11H12N2O2.C8H4ClNO/c1-13(6-7-14)11(15)10-4-2-9(8-12)3-5-10;9-8(11)7-3-1-6(5-10)2-4-7/h2-5,14H,6-7H2,1H3;1-4H.